The van der Waals surface area contributed by atoms with Crippen LogP contribution in [0.15, 0.2) is 12.7 Å². The van der Waals surface area contributed by atoms with Gasteiger partial charge in [0, 0.05) is 13.2 Å². The average molecular weight is 162 g/mol. The van der Waals surface area contributed by atoms with Gasteiger partial charge in [0.2, 0.25) is 6.79 Å². The molecule has 0 aliphatic rings. The van der Waals surface area contributed by atoms with E-state index in [0.29, 0.717) is 0 Å². The molecule has 0 N–H and O–H groups in total. The zero-order valence-electron chi connectivity index (χ0n) is 6.24. The van der Waals surface area contributed by atoms with Crippen molar-refractivity contribution in [2.45, 2.75) is 0 Å². The second-order valence-electron chi connectivity index (χ2n) is 1.43. The van der Waals surface area contributed by atoms with E-state index in [0.717, 1.165) is 6.08 Å². The van der Waals surface area contributed by atoms with Gasteiger partial charge in [-0.25, -0.2) is 9.68 Å². The zero-order valence-corrected chi connectivity index (χ0v) is 6.24. The van der Waals surface area contributed by atoms with E-state index in [1.807, 2.05) is 0 Å². The fourth-order valence-corrected chi connectivity index (χ4v) is 0.257. The van der Waals surface area contributed by atoms with Crippen LogP contribution in [0, 0.1) is 0 Å². The van der Waals surface area contributed by atoms with Crippen LogP contribution >= 0.6 is 0 Å². The van der Waals surface area contributed by atoms with Crippen LogP contribution in [0.3, 0.4) is 0 Å². The van der Waals surface area contributed by atoms with Gasteiger partial charge in [-0.15, -0.1) is 0 Å². The fourth-order valence-electron chi connectivity index (χ4n) is 0.257. The number of rotatable bonds is 6. The van der Waals surface area contributed by atoms with Crippen molar-refractivity contribution >= 4 is 5.97 Å². The number of carbonyl (C=O) groups is 1. The van der Waals surface area contributed by atoms with Crippen molar-refractivity contribution < 1.29 is 24.0 Å². The Morgan fingerprint density at radius 3 is 2.64 bits per heavy atom. The molecule has 0 aromatic rings. The summed E-state index contributed by atoms with van der Waals surface area (Å²) in [6.45, 7) is 2.90. The standard InChI is InChI=1S/C6H10O5/c1-3-6(7)9-5-11-10-4-8-2/h3H,1,4-5H2,2H3. The van der Waals surface area contributed by atoms with Crippen LogP contribution in [0.5, 0.6) is 0 Å². The first-order valence-electron chi connectivity index (χ1n) is 2.83. The predicted octanol–water partition coefficient (Wildman–Crippen LogP) is 0.225. The highest BCUT2D eigenvalue weighted by atomic mass is 17.2. The highest BCUT2D eigenvalue weighted by Crippen LogP contribution is 1.82. The van der Waals surface area contributed by atoms with Crippen molar-refractivity contribution in [3.8, 4) is 0 Å². The monoisotopic (exact) mass is 162 g/mol. The topological polar surface area (TPSA) is 54.0 Å². The maximum atomic E-state index is 10.3. The van der Waals surface area contributed by atoms with Gasteiger partial charge in [0.25, 0.3) is 0 Å². The molecule has 0 aromatic carbocycles. The van der Waals surface area contributed by atoms with Gasteiger partial charge in [-0.05, 0) is 0 Å². The minimum absolute atomic E-state index is 0.00829. The summed E-state index contributed by atoms with van der Waals surface area (Å²) < 4.78 is 8.85. The van der Waals surface area contributed by atoms with Gasteiger partial charge < -0.3 is 9.47 Å². The molecular weight excluding hydrogens is 152 g/mol. The van der Waals surface area contributed by atoms with E-state index in [9.17, 15) is 4.79 Å². The third kappa shape index (κ3) is 6.98. The van der Waals surface area contributed by atoms with E-state index >= 15 is 0 Å². The van der Waals surface area contributed by atoms with E-state index in [4.69, 9.17) is 0 Å². The van der Waals surface area contributed by atoms with Crippen molar-refractivity contribution in [1.82, 2.24) is 0 Å². The molecule has 0 spiro atoms. The van der Waals surface area contributed by atoms with Gasteiger partial charge >= 0.3 is 5.97 Å². The van der Waals surface area contributed by atoms with Crippen LogP contribution in [0.4, 0.5) is 0 Å². The molecule has 5 nitrogen and oxygen atoms in total. The third-order valence-electron chi connectivity index (χ3n) is 0.665. The minimum Gasteiger partial charge on any atom is -0.432 e. The molecule has 0 unspecified atom stereocenters. The Morgan fingerprint density at radius 2 is 2.09 bits per heavy atom. The molecule has 0 heterocycles. The molecule has 0 atom stereocenters. The molecule has 0 saturated carbocycles. The highest BCUT2D eigenvalue weighted by Gasteiger charge is 1.93. The summed E-state index contributed by atoms with van der Waals surface area (Å²) in [7, 11) is 1.44. The Balaban J connectivity index is 3.01. The smallest absolute Gasteiger partial charge is 0.332 e. The molecule has 0 fully saturated rings. The Bertz CT molecular complexity index is 122. The largest absolute Gasteiger partial charge is 0.432 e. The van der Waals surface area contributed by atoms with Gasteiger partial charge in [-0.2, -0.15) is 4.89 Å². The Hall–Kier alpha value is -0.910. The van der Waals surface area contributed by atoms with E-state index in [2.05, 4.69) is 25.8 Å². The molecule has 64 valence electrons. The zero-order chi connectivity index (χ0) is 8.53. The number of hydrogen-bond acceptors (Lipinski definition) is 5. The maximum absolute atomic E-state index is 10.3. The summed E-state index contributed by atoms with van der Waals surface area (Å²) in [4.78, 5) is 19.0. The van der Waals surface area contributed by atoms with Crippen LogP contribution in [0.1, 0.15) is 0 Å². The fraction of sp³-hybridized carbons (Fsp3) is 0.500. The first-order valence-corrected chi connectivity index (χ1v) is 2.83. The molecular formula is C6H10O5. The van der Waals surface area contributed by atoms with Gasteiger partial charge in [-0.3, -0.25) is 0 Å². The summed E-state index contributed by atoms with van der Waals surface area (Å²) >= 11 is 0. The number of ether oxygens (including phenoxy) is 2. The molecule has 0 aromatic heterocycles. The highest BCUT2D eigenvalue weighted by molar-refractivity contribution is 5.81. The van der Waals surface area contributed by atoms with Gasteiger partial charge in [0.15, 0.2) is 6.79 Å². The minimum atomic E-state index is -0.564. The first kappa shape index (κ1) is 10.1. The molecule has 0 rings (SSSR count). The van der Waals surface area contributed by atoms with E-state index in [-0.39, 0.29) is 13.6 Å². The second kappa shape index (κ2) is 7.20. The maximum Gasteiger partial charge on any atom is 0.332 e. The molecule has 0 aliphatic carbocycles. The normalized spacial score (nSPS) is 9.18. The third-order valence-corrected chi connectivity index (χ3v) is 0.665. The van der Waals surface area contributed by atoms with Crippen LogP contribution < -0.4 is 0 Å². The molecule has 0 radical (unpaired) electrons. The average Bonchev–Trinajstić information content (AvgIpc) is 2.04. The Morgan fingerprint density at radius 1 is 1.45 bits per heavy atom. The summed E-state index contributed by atoms with van der Waals surface area (Å²) in [6.07, 6.45) is 1.03. The molecule has 11 heavy (non-hydrogen) atoms. The van der Waals surface area contributed by atoms with Crippen molar-refractivity contribution in [1.29, 1.82) is 0 Å². The summed E-state index contributed by atoms with van der Waals surface area (Å²) in [5, 5.41) is 0. The van der Waals surface area contributed by atoms with Crippen molar-refractivity contribution in [2.75, 3.05) is 20.7 Å². The lowest BCUT2D eigenvalue weighted by atomic mass is 10.7. The SMILES string of the molecule is C=CC(=O)OCOOCOC. The van der Waals surface area contributed by atoms with E-state index in [1.165, 1.54) is 7.11 Å². The number of methoxy groups -OCH3 is 1. The van der Waals surface area contributed by atoms with Gasteiger partial charge in [-0.1, -0.05) is 6.58 Å². The summed E-state index contributed by atoms with van der Waals surface area (Å²) in [6, 6.07) is 0. The molecule has 5 heteroatoms. The van der Waals surface area contributed by atoms with Crippen molar-refractivity contribution in [3.63, 3.8) is 0 Å². The predicted molar refractivity (Wildman–Crippen MR) is 35.2 cm³/mol. The van der Waals surface area contributed by atoms with Crippen molar-refractivity contribution in [3.05, 3.63) is 12.7 Å². The van der Waals surface area contributed by atoms with Crippen LogP contribution in [0.2, 0.25) is 0 Å². The first-order chi connectivity index (χ1) is 5.31. The Kier molecular flexibility index (Phi) is 6.60. The Labute approximate surface area is 64.4 Å². The quantitative estimate of drug-likeness (QED) is 0.140. The summed E-state index contributed by atoms with van der Waals surface area (Å²) in [5.74, 6) is -0.564. The number of carbonyl (C=O) groups excluding carboxylic acids is 1. The van der Waals surface area contributed by atoms with Gasteiger partial charge in [0.05, 0.1) is 0 Å². The van der Waals surface area contributed by atoms with Crippen molar-refractivity contribution in [2.24, 2.45) is 0 Å². The lowest BCUT2D eigenvalue weighted by Gasteiger charge is -2.01. The number of hydrogen-bond donors (Lipinski definition) is 0. The second-order valence-corrected chi connectivity index (χ2v) is 1.43. The molecule has 0 amide bonds. The van der Waals surface area contributed by atoms with E-state index in [1.54, 1.807) is 0 Å². The molecule has 0 aliphatic heterocycles. The van der Waals surface area contributed by atoms with Gasteiger partial charge in [0.1, 0.15) is 0 Å². The lowest BCUT2D eigenvalue weighted by molar-refractivity contribution is -0.360. The number of esters is 1. The summed E-state index contributed by atoms with van der Waals surface area (Å²) in [5.41, 5.74) is 0. The van der Waals surface area contributed by atoms with Crippen LogP contribution in [-0.2, 0) is 24.0 Å². The molecule has 0 bridgehead atoms. The van der Waals surface area contributed by atoms with Crippen LogP contribution in [-0.4, -0.2) is 26.7 Å². The molecule has 0 saturated heterocycles. The van der Waals surface area contributed by atoms with Crippen LogP contribution in [0.25, 0.3) is 0 Å². The van der Waals surface area contributed by atoms with E-state index < -0.39 is 5.97 Å². The lowest BCUT2D eigenvalue weighted by Crippen LogP contribution is -2.07.